The Morgan fingerprint density at radius 3 is 2.46 bits per heavy atom. The third-order valence-corrected chi connectivity index (χ3v) is 5.46. The molecular weight excluding hydrogens is 350 g/mol. The summed E-state index contributed by atoms with van der Waals surface area (Å²) in [6.07, 6.45) is 0. The summed E-state index contributed by atoms with van der Waals surface area (Å²) in [5, 5.41) is 2.78. The SMILES string of the molecule is Cc1cccc(NS(=O)(=O)c2cccc(C(=O)NCCN(C)C)c2)c1C. The maximum Gasteiger partial charge on any atom is 0.261 e. The molecule has 0 unspecified atom stereocenters. The number of anilines is 1. The number of amides is 1. The Morgan fingerprint density at radius 1 is 1.08 bits per heavy atom. The molecule has 26 heavy (non-hydrogen) atoms. The van der Waals surface area contributed by atoms with Gasteiger partial charge in [-0.05, 0) is 63.3 Å². The van der Waals surface area contributed by atoms with Crippen molar-refractivity contribution in [3.05, 3.63) is 59.2 Å². The van der Waals surface area contributed by atoms with Crippen molar-refractivity contribution in [1.82, 2.24) is 10.2 Å². The zero-order valence-corrected chi connectivity index (χ0v) is 16.4. The standard InChI is InChI=1S/C19H25N3O3S/c1-14-7-5-10-18(15(14)2)21-26(24,25)17-9-6-8-16(13-17)19(23)20-11-12-22(3)4/h5-10,13,21H,11-12H2,1-4H3,(H,20,23). The molecule has 0 bridgehead atoms. The van der Waals surface area contributed by atoms with Crippen molar-refractivity contribution < 1.29 is 13.2 Å². The molecule has 0 spiro atoms. The molecule has 6 nitrogen and oxygen atoms in total. The molecule has 1 amide bonds. The van der Waals surface area contributed by atoms with Crippen LogP contribution in [-0.4, -0.2) is 46.4 Å². The number of hydrogen-bond acceptors (Lipinski definition) is 4. The quantitative estimate of drug-likeness (QED) is 0.779. The largest absolute Gasteiger partial charge is 0.351 e. The van der Waals surface area contributed by atoms with Crippen LogP contribution in [0, 0.1) is 13.8 Å². The van der Waals surface area contributed by atoms with Crippen molar-refractivity contribution in [1.29, 1.82) is 0 Å². The van der Waals surface area contributed by atoms with Crippen molar-refractivity contribution in [3.63, 3.8) is 0 Å². The van der Waals surface area contributed by atoms with Gasteiger partial charge in [0.2, 0.25) is 0 Å². The van der Waals surface area contributed by atoms with E-state index in [0.717, 1.165) is 11.1 Å². The lowest BCUT2D eigenvalue weighted by Gasteiger charge is -2.13. The van der Waals surface area contributed by atoms with Crippen molar-refractivity contribution in [3.8, 4) is 0 Å². The number of nitrogens with one attached hydrogen (secondary N) is 2. The number of rotatable bonds is 7. The predicted octanol–water partition coefficient (Wildman–Crippen LogP) is 2.40. The van der Waals surface area contributed by atoms with Crippen molar-refractivity contribution >= 4 is 21.6 Å². The number of carbonyl (C=O) groups excluding carboxylic acids is 1. The lowest BCUT2D eigenvalue weighted by Crippen LogP contribution is -2.31. The molecule has 0 saturated carbocycles. The van der Waals surface area contributed by atoms with Gasteiger partial charge in [-0.2, -0.15) is 0 Å². The van der Waals surface area contributed by atoms with E-state index in [4.69, 9.17) is 0 Å². The molecule has 0 aliphatic heterocycles. The first-order valence-corrected chi connectivity index (χ1v) is 9.81. The van der Waals surface area contributed by atoms with Crippen LogP contribution in [0.3, 0.4) is 0 Å². The summed E-state index contributed by atoms with van der Waals surface area (Å²) in [4.78, 5) is 14.2. The highest BCUT2D eigenvalue weighted by atomic mass is 32.2. The molecule has 0 aromatic heterocycles. The second kappa shape index (κ2) is 8.33. The van der Waals surface area contributed by atoms with E-state index in [-0.39, 0.29) is 10.8 Å². The summed E-state index contributed by atoms with van der Waals surface area (Å²) in [5.74, 6) is -0.296. The maximum atomic E-state index is 12.7. The van der Waals surface area contributed by atoms with E-state index in [9.17, 15) is 13.2 Å². The van der Waals surface area contributed by atoms with Gasteiger partial charge >= 0.3 is 0 Å². The first kappa shape index (κ1) is 19.9. The Morgan fingerprint density at radius 2 is 1.77 bits per heavy atom. The molecule has 0 heterocycles. The summed E-state index contributed by atoms with van der Waals surface area (Å²) in [6, 6.07) is 11.5. The fourth-order valence-electron chi connectivity index (χ4n) is 2.36. The lowest BCUT2D eigenvalue weighted by atomic mass is 10.1. The van der Waals surface area contributed by atoms with Gasteiger partial charge in [-0.3, -0.25) is 9.52 Å². The second-order valence-electron chi connectivity index (χ2n) is 6.44. The first-order chi connectivity index (χ1) is 12.2. The van der Waals surface area contributed by atoms with Gasteiger partial charge in [0.05, 0.1) is 10.6 Å². The smallest absolute Gasteiger partial charge is 0.261 e. The summed E-state index contributed by atoms with van der Waals surface area (Å²) in [7, 11) is 0.0492. The lowest BCUT2D eigenvalue weighted by molar-refractivity contribution is 0.0951. The normalized spacial score (nSPS) is 11.4. The molecule has 140 valence electrons. The van der Waals surface area contributed by atoms with E-state index in [1.165, 1.54) is 12.1 Å². The molecule has 0 atom stereocenters. The minimum absolute atomic E-state index is 0.0543. The predicted molar refractivity (Wildman–Crippen MR) is 104 cm³/mol. The maximum absolute atomic E-state index is 12.7. The third-order valence-electron chi connectivity index (χ3n) is 4.10. The number of sulfonamides is 1. The molecular formula is C19H25N3O3S. The average molecular weight is 375 g/mol. The fourth-order valence-corrected chi connectivity index (χ4v) is 3.53. The van der Waals surface area contributed by atoms with Gasteiger partial charge in [0.1, 0.15) is 0 Å². The molecule has 0 aliphatic carbocycles. The van der Waals surface area contributed by atoms with Gasteiger partial charge in [-0.1, -0.05) is 18.2 Å². The molecule has 2 aromatic rings. The number of aryl methyl sites for hydroxylation is 1. The Bertz CT molecular complexity index is 893. The van der Waals surface area contributed by atoms with Gasteiger partial charge < -0.3 is 10.2 Å². The Labute approximate surface area is 155 Å². The van der Waals surface area contributed by atoms with Gasteiger partial charge in [-0.15, -0.1) is 0 Å². The monoisotopic (exact) mass is 375 g/mol. The van der Waals surface area contributed by atoms with E-state index in [0.29, 0.717) is 24.3 Å². The van der Waals surface area contributed by atoms with Crippen LogP contribution in [0.15, 0.2) is 47.4 Å². The molecule has 2 aromatic carbocycles. The van der Waals surface area contributed by atoms with Crippen LogP contribution in [0.25, 0.3) is 0 Å². The highest BCUT2D eigenvalue weighted by Gasteiger charge is 2.17. The van der Waals surface area contributed by atoms with Crippen molar-refractivity contribution in [2.75, 3.05) is 31.9 Å². The second-order valence-corrected chi connectivity index (χ2v) is 8.12. The van der Waals surface area contributed by atoms with Crippen LogP contribution < -0.4 is 10.0 Å². The zero-order chi connectivity index (χ0) is 19.3. The number of likely N-dealkylation sites (N-methyl/N-ethyl adjacent to an activating group) is 1. The zero-order valence-electron chi connectivity index (χ0n) is 15.5. The summed E-state index contributed by atoms with van der Waals surface area (Å²) in [6.45, 7) is 4.98. The topological polar surface area (TPSA) is 78.5 Å². The van der Waals surface area contributed by atoms with Crippen LogP contribution in [0.4, 0.5) is 5.69 Å². The number of carbonyl (C=O) groups is 1. The van der Waals surface area contributed by atoms with Crippen molar-refractivity contribution in [2.45, 2.75) is 18.7 Å². The van der Waals surface area contributed by atoms with E-state index in [1.54, 1.807) is 24.3 Å². The van der Waals surface area contributed by atoms with E-state index in [1.807, 2.05) is 38.9 Å². The summed E-state index contributed by atoms with van der Waals surface area (Å²) in [5.41, 5.74) is 2.71. The van der Waals surface area contributed by atoms with Gasteiger partial charge in [0, 0.05) is 18.7 Å². The van der Waals surface area contributed by atoms with Gasteiger partial charge in [-0.25, -0.2) is 8.42 Å². The Balaban J connectivity index is 2.20. The molecule has 2 N–H and O–H groups in total. The number of nitrogens with zero attached hydrogens (tertiary/aromatic N) is 1. The van der Waals surface area contributed by atoms with Gasteiger partial charge in [0.15, 0.2) is 0 Å². The van der Waals surface area contributed by atoms with Crippen LogP contribution in [0.5, 0.6) is 0 Å². The summed E-state index contributed by atoms with van der Waals surface area (Å²) >= 11 is 0. The number of hydrogen-bond donors (Lipinski definition) is 2. The van der Waals surface area contributed by atoms with Gasteiger partial charge in [0.25, 0.3) is 15.9 Å². The van der Waals surface area contributed by atoms with E-state index >= 15 is 0 Å². The molecule has 7 heteroatoms. The Hall–Kier alpha value is -2.38. The Kier molecular flexibility index (Phi) is 6.39. The van der Waals surface area contributed by atoms with Crippen LogP contribution in [0.2, 0.25) is 0 Å². The van der Waals surface area contributed by atoms with Crippen LogP contribution in [0.1, 0.15) is 21.5 Å². The minimum Gasteiger partial charge on any atom is -0.351 e. The number of benzene rings is 2. The van der Waals surface area contributed by atoms with Crippen molar-refractivity contribution in [2.24, 2.45) is 0 Å². The molecule has 0 radical (unpaired) electrons. The first-order valence-electron chi connectivity index (χ1n) is 8.33. The molecule has 0 fully saturated rings. The average Bonchev–Trinajstić information content (AvgIpc) is 2.58. The molecule has 0 aliphatic rings. The third kappa shape index (κ3) is 5.06. The highest BCUT2D eigenvalue weighted by molar-refractivity contribution is 7.92. The van der Waals surface area contributed by atoms with Crippen LogP contribution >= 0.6 is 0 Å². The fraction of sp³-hybridized carbons (Fsp3) is 0.316. The summed E-state index contributed by atoms with van der Waals surface area (Å²) < 4.78 is 28.0. The van der Waals surface area contributed by atoms with Crippen LogP contribution in [-0.2, 0) is 10.0 Å². The van der Waals surface area contributed by atoms with E-state index in [2.05, 4.69) is 10.0 Å². The highest BCUT2D eigenvalue weighted by Crippen LogP contribution is 2.22. The molecule has 0 saturated heterocycles. The minimum atomic E-state index is -3.78. The molecule has 2 rings (SSSR count). The van der Waals surface area contributed by atoms with E-state index < -0.39 is 10.0 Å².